The maximum Gasteiger partial charge on any atom is 0.123 e. The number of aliphatic hydroxyl groups is 4. The van der Waals surface area contributed by atoms with Gasteiger partial charge in [-0.15, -0.1) is 0 Å². The first-order valence-electron chi connectivity index (χ1n) is 47.9. The van der Waals surface area contributed by atoms with Gasteiger partial charge < -0.3 is 66.0 Å². The molecule has 0 amide bonds. The second-order valence-electron chi connectivity index (χ2n) is 40.0. The van der Waals surface area contributed by atoms with Gasteiger partial charge in [0.15, 0.2) is 0 Å². The van der Waals surface area contributed by atoms with Gasteiger partial charge in [0.1, 0.15) is 46.0 Å². The molecule has 676 valence electrons. The van der Waals surface area contributed by atoms with Crippen molar-refractivity contribution in [2.45, 2.75) is 330 Å². The van der Waals surface area contributed by atoms with Crippen molar-refractivity contribution in [1.82, 2.24) is 0 Å². The van der Waals surface area contributed by atoms with Gasteiger partial charge in [-0.3, -0.25) is 0 Å². The summed E-state index contributed by atoms with van der Waals surface area (Å²) in [6.45, 7) is 30.6. The van der Waals surface area contributed by atoms with Crippen molar-refractivity contribution in [3.05, 3.63) is 231 Å². The highest BCUT2D eigenvalue weighted by Crippen LogP contribution is 2.57. The Morgan fingerprint density at radius 1 is 0.274 bits per heavy atom. The fourth-order valence-corrected chi connectivity index (χ4v) is 23.2. The number of rotatable bonds is 22. The van der Waals surface area contributed by atoms with Gasteiger partial charge in [-0.1, -0.05) is 269 Å². The second kappa shape index (κ2) is 44.1. The molecule has 0 bridgehead atoms. The van der Waals surface area contributed by atoms with Crippen LogP contribution in [0.2, 0.25) is 0 Å². The molecule has 13 nitrogen and oxygen atoms in total. The highest BCUT2D eigenvalue weighted by Gasteiger charge is 2.43. The van der Waals surface area contributed by atoms with Crippen LogP contribution in [0.5, 0.6) is 46.0 Å². The van der Waals surface area contributed by atoms with Crippen LogP contribution in [-0.2, 0) is 41.3 Å². The average molecular weight is 1700 g/mol. The quantitative estimate of drug-likeness (QED) is 0.0283. The van der Waals surface area contributed by atoms with E-state index >= 15 is 0 Å². The third kappa shape index (κ3) is 22.9. The van der Waals surface area contributed by atoms with Gasteiger partial charge >= 0.3 is 0 Å². The normalized spacial score (nSPS) is 19.6. The molecular formula is C111H154O13. The molecular weight excluding hydrogens is 1540 g/mol. The summed E-state index contributed by atoms with van der Waals surface area (Å²) < 4.78 is 5.41. The Balaban J connectivity index is 0.000000164. The predicted molar refractivity (Wildman–Crippen MR) is 505 cm³/mol. The number of aromatic hydroxyl groups is 8. The number of hydrogen-bond acceptors (Lipinski definition) is 13. The Hall–Kier alpha value is -8.04. The smallest absolute Gasteiger partial charge is 0.123 e. The van der Waals surface area contributed by atoms with Gasteiger partial charge in [0, 0.05) is 112 Å². The summed E-state index contributed by atoms with van der Waals surface area (Å²) in [4.78, 5) is 0. The number of aryl methyl sites for hydroxylation is 10. The van der Waals surface area contributed by atoms with Crippen molar-refractivity contribution in [1.29, 1.82) is 0 Å². The maximum absolute atomic E-state index is 12.2. The van der Waals surface area contributed by atoms with Crippen molar-refractivity contribution in [2.75, 3.05) is 39.6 Å². The topological polar surface area (TPSA) is 252 Å². The van der Waals surface area contributed by atoms with Crippen molar-refractivity contribution >= 4 is 0 Å². The summed E-state index contributed by atoms with van der Waals surface area (Å²) >= 11 is 0. The van der Waals surface area contributed by atoms with Crippen molar-refractivity contribution in [2.24, 2.45) is 35.5 Å². The maximum atomic E-state index is 12.2. The molecule has 13 heteroatoms. The molecule has 0 aromatic heterocycles. The molecule has 1 heterocycles. The largest absolute Gasteiger partial charge is 0.507 e. The third-order valence-corrected chi connectivity index (χ3v) is 30.0. The first-order valence-corrected chi connectivity index (χ1v) is 47.9. The molecule has 0 radical (unpaired) electrons. The monoisotopic (exact) mass is 1700 g/mol. The van der Waals surface area contributed by atoms with E-state index in [0.29, 0.717) is 103 Å². The molecule has 1 aliphatic heterocycles. The molecule has 0 spiro atoms. The minimum atomic E-state index is -0.214. The van der Waals surface area contributed by atoms with E-state index in [-0.39, 0.29) is 78.3 Å². The fourth-order valence-electron chi connectivity index (χ4n) is 23.2. The summed E-state index contributed by atoms with van der Waals surface area (Å²) in [7, 11) is 0. The van der Waals surface area contributed by atoms with Gasteiger partial charge in [0.05, 0.1) is 13.2 Å². The van der Waals surface area contributed by atoms with Gasteiger partial charge in [0.25, 0.3) is 0 Å². The van der Waals surface area contributed by atoms with E-state index in [1.165, 1.54) is 120 Å². The van der Waals surface area contributed by atoms with Crippen LogP contribution in [0.4, 0.5) is 0 Å². The zero-order valence-electron chi connectivity index (χ0n) is 77.9. The zero-order chi connectivity index (χ0) is 89.4. The lowest BCUT2D eigenvalue weighted by atomic mass is 9.66. The minimum Gasteiger partial charge on any atom is -0.507 e. The van der Waals surface area contributed by atoms with E-state index in [0.717, 1.165) is 187 Å². The van der Waals surface area contributed by atoms with E-state index in [1.807, 2.05) is 90.1 Å². The predicted octanol–water partition coefficient (Wildman–Crippen LogP) is 25.0. The first-order chi connectivity index (χ1) is 59.3. The molecule has 8 aromatic rings. The summed E-state index contributed by atoms with van der Waals surface area (Å²) in [6.07, 6.45) is 34.5. The lowest BCUT2D eigenvalue weighted by molar-refractivity contribution is -0.0397. The van der Waals surface area contributed by atoms with Crippen LogP contribution in [0, 0.1) is 105 Å². The standard InChI is InChI=1S/C37H54O4.C27H38O2.C25H34O2.C22H28O5/c1-25-11-10-12-28(25)33(29-21-26(13-19-38)23-31(34(29)40)36(2)15-6-4-7-16-36)30-22-27(14-20-39)24-32(35(30)41)37(3)17-8-5-9-18-37;1-18-14-20(3)26(28)23(16-18)25(24-17-19(2)15-21(4)27(24)29)22-12-10-8-6-5-7-9-11-13-22;1-15-11-18(4)24(26)21(13-15)23(20-10-8-6-7-9-17(20)3)22-14-16(2)12-19(5)25(22)27;1-13-7-15(3-5-23)9-18(21(13)25)20(17-11-27-12-17)19-10-16(4-6-24)8-14(2)22(19)26/h21-25,28,33,38-41H,4-20H2,1-3H3;14-17,22,25,28-29H,5-13H2,1-4H3;11-14,17,20,23,26-27H,6-10H2,1-5H3;7-10,17,20,23-26H,3-6,11-12H2,1-2H3. The van der Waals surface area contributed by atoms with Crippen molar-refractivity contribution in [3.8, 4) is 46.0 Å². The van der Waals surface area contributed by atoms with Crippen LogP contribution in [0.1, 0.15) is 358 Å². The van der Waals surface area contributed by atoms with Gasteiger partial charge in [-0.2, -0.15) is 0 Å². The van der Waals surface area contributed by atoms with Crippen LogP contribution >= 0.6 is 0 Å². The van der Waals surface area contributed by atoms with Crippen LogP contribution in [0.3, 0.4) is 0 Å². The Morgan fingerprint density at radius 3 is 0.847 bits per heavy atom. The van der Waals surface area contributed by atoms with Gasteiger partial charge in [0.2, 0.25) is 0 Å². The number of benzene rings is 8. The second-order valence-corrected chi connectivity index (χ2v) is 40.0. The Kier molecular flexibility index (Phi) is 34.4. The summed E-state index contributed by atoms with van der Waals surface area (Å²) in [5.41, 5.74) is 23.1. The molecule has 6 aliphatic rings. The highest BCUT2D eigenvalue weighted by atomic mass is 16.5. The van der Waals surface area contributed by atoms with E-state index in [2.05, 4.69) is 104 Å². The van der Waals surface area contributed by atoms with Crippen molar-refractivity contribution < 1.29 is 66.0 Å². The van der Waals surface area contributed by atoms with E-state index in [1.54, 1.807) is 0 Å². The van der Waals surface area contributed by atoms with Crippen molar-refractivity contribution in [3.63, 3.8) is 0 Å². The number of hydrogen-bond donors (Lipinski definition) is 12. The Morgan fingerprint density at radius 2 is 0.524 bits per heavy atom. The molecule has 8 aromatic carbocycles. The molecule has 6 fully saturated rings. The SMILES string of the molecule is CC1CCCC1C(c1cc(CCO)cc(C2(C)CCCCC2)c1O)c1cc(CCO)cc(C2(C)CCCCC2)c1O.Cc1cc(C)c(O)c(C(c2cc(C)cc(C)c2O)C2CCCCCC2C)c1.Cc1cc(C)c(O)c(C(c2cc(C)cc(C)c2O)C2CCCCCCCCC2)c1.Cc1cc(CCO)cc(C(c2cc(CCO)cc(C)c2O)C2COC2)c1O. The number of ether oxygens (including phenoxy) is 1. The summed E-state index contributed by atoms with van der Waals surface area (Å²) in [5.74, 6) is 4.88. The van der Waals surface area contributed by atoms with Crippen LogP contribution in [-0.4, -0.2) is 101 Å². The van der Waals surface area contributed by atoms with E-state index in [4.69, 9.17) is 4.74 Å². The molecule has 1 saturated heterocycles. The third-order valence-electron chi connectivity index (χ3n) is 30.0. The molecule has 14 rings (SSSR count). The highest BCUT2D eigenvalue weighted by molar-refractivity contribution is 5.61. The van der Waals surface area contributed by atoms with E-state index in [9.17, 15) is 61.3 Å². The number of phenolic OH excluding ortho intramolecular Hbond substituents is 8. The Labute approximate surface area is 743 Å². The van der Waals surface area contributed by atoms with E-state index < -0.39 is 0 Å². The van der Waals surface area contributed by atoms with Crippen LogP contribution in [0.15, 0.2) is 97.1 Å². The minimum absolute atomic E-state index is 0.0234. The number of aliphatic hydroxyl groups excluding tert-OH is 4. The molecule has 5 aliphatic carbocycles. The zero-order valence-corrected chi connectivity index (χ0v) is 77.9. The lowest BCUT2D eigenvalue weighted by Crippen LogP contribution is -2.34. The fraction of sp³-hybridized carbons (Fsp3) is 0.568. The summed E-state index contributed by atoms with van der Waals surface area (Å²) in [5, 5.41) is 129. The molecule has 4 unspecified atom stereocenters. The number of phenols is 8. The lowest BCUT2D eigenvalue weighted by Gasteiger charge is -2.38. The van der Waals surface area contributed by atoms with Gasteiger partial charge in [-0.25, -0.2) is 0 Å². The first kappa shape index (κ1) is 96.6. The Bertz CT molecular complexity index is 4590. The summed E-state index contributed by atoms with van der Waals surface area (Å²) in [6, 6.07) is 32.9. The van der Waals surface area contributed by atoms with Crippen LogP contribution in [0.25, 0.3) is 0 Å². The van der Waals surface area contributed by atoms with Crippen LogP contribution < -0.4 is 0 Å². The van der Waals surface area contributed by atoms with Gasteiger partial charge in [-0.05, 0) is 242 Å². The molecule has 4 atom stereocenters. The molecule has 12 N–H and O–H groups in total. The average Bonchev–Trinajstić information content (AvgIpc) is 1.17. The molecule has 124 heavy (non-hydrogen) atoms. The molecule has 5 saturated carbocycles.